The van der Waals surface area contributed by atoms with Crippen LogP contribution in [0.4, 0.5) is 0 Å². The van der Waals surface area contributed by atoms with E-state index in [0.717, 1.165) is 6.08 Å². The molecule has 5 nitrogen and oxygen atoms in total. The summed E-state index contributed by atoms with van der Waals surface area (Å²) in [6.07, 6.45) is 1.52. The van der Waals surface area contributed by atoms with Gasteiger partial charge in [0.25, 0.3) is 0 Å². The van der Waals surface area contributed by atoms with Crippen molar-refractivity contribution in [3.8, 4) is 0 Å². The van der Waals surface area contributed by atoms with Crippen molar-refractivity contribution < 1.29 is 17.9 Å². The zero-order chi connectivity index (χ0) is 11.0. The van der Waals surface area contributed by atoms with Gasteiger partial charge in [-0.1, -0.05) is 6.58 Å². The Morgan fingerprint density at radius 1 is 1.57 bits per heavy atom. The zero-order valence-electron chi connectivity index (χ0n) is 8.15. The average molecular weight is 221 g/mol. The molecule has 0 saturated carbocycles. The van der Waals surface area contributed by atoms with Crippen LogP contribution in [0.3, 0.4) is 0 Å². The maximum absolute atomic E-state index is 10.9. The second-order valence-electron chi connectivity index (χ2n) is 2.52. The molecule has 0 rings (SSSR count). The summed E-state index contributed by atoms with van der Waals surface area (Å²) in [5.41, 5.74) is 0. The van der Waals surface area contributed by atoms with Crippen LogP contribution in [0.25, 0.3) is 0 Å². The first kappa shape index (κ1) is 13.1. The molecule has 0 aliphatic rings. The molecule has 82 valence electrons. The SMILES string of the molecule is C=CC(=O)OCCCNS(=O)(=O)CC. The Morgan fingerprint density at radius 3 is 2.71 bits per heavy atom. The lowest BCUT2D eigenvalue weighted by atomic mass is 10.5. The first-order valence-electron chi connectivity index (χ1n) is 4.28. The number of ether oxygens (including phenoxy) is 1. The van der Waals surface area contributed by atoms with Crippen molar-refractivity contribution in [3.63, 3.8) is 0 Å². The summed E-state index contributed by atoms with van der Waals surface area (Å²) in [7, 11) is -3.14. The lowest BCUT2D eigenvalue weighted by Crippen LogP contribution is -2.27. The fourth-order valence-corrected chi connectivity index (χ4v) is 1.29. The third-order valence-electron chi connectivity index (χ3n) is 1.43. The van der Waals surface area contributed by atoms with Gasteiger partial charge in [-0.15, -0.1) is 0 Å². The van der Waals surface area contributed by atoms with Gasteiger partial charge in [0.15, 0.2) is 0 Å². The fraction of sp³-hybridized carbons (Fsp3) is 0.625. The Morgan fingerprint density at radius 2 is 2.21 bits per heavy atom. The molecule has 0 aliphatic carbocycles. The number of carbonyl (C=O) groups excluding carboxylic acids is 1. The van der Waals surface area contributed by atoms with Gasteiger partial charge in [-0.05, 0) is 13.3 Å². The van der Waals surface area contributed by atoms with E-state index in [4.69, 9.17) is 0 Å². The van der Waals surface area contributed by atoms with E-state index in [-0.39, 0.29) is 18.9 Å². The predicted molar refractivity (Wildman–Crippen MR) is 53.2 cm³/mol. The molecule has 6 heteroatoms. The van der Waals surface area contributed by atoms with Crippen LogP contribution in [0, 0.1) is 0 Å². The molecule has 0 unspecified atom stereocenters. The minimum absolute atomic E-state index is 0.0550. The van der Waals surface area contributed by atoms with Crippen molar-refractivity contribution in [2.45, 2.75) is 13.3 Å². The molecule has 0 spiro atoms. The molecule has 0 atom stereocenters. The minimum Gasteiger partial charge on any atom is -0.462 e. The number of hydrogen-bond acceptors (Lipinski definition) is 4. The van der Waals surface area contributed by atoms with Crippen LogP contribution in [-0.2, 0) is 19.6 Å². The standard InChI is InChI=1S/C8H15NO4S/c1-3-8(10)13-7-5-6-9-14(11,12)4-2/h3,9H,1,4-7H2,2H3. The van der Waals surface area contributed by atoms with Crippen molar-refractivity contribution in [3.05, 3.63) is 12.7 Å². The summed E-state index contributed by atoms with van der Waals surface area (Å²) in [5, 5.41) is 0. The van der Waals surface area contributed by atoms with Gasteiger partial charge in [-0.25, -0.2) is 17.9 Å². The largest absolute Gasteiger partial charge is 0.462 e. The topological polar surface area (TPSA) is 72.5 Å². The average Bonchev–Trinajstić information content (AvgIpc) is 2.17. The highest BCUT2D eigenvalue weighted by Gasteiger charge is 2.04. The zero-order valence-corrected chi connectivity index (χ0v) is 8.97. The summed E-state index contributed by atoms with van der Waals surface area (Å²) in [6.45, 7) is 5.25. The Bertz CT molecular complexity index is 284. The summed E-state index contributed by atoms with van der Waals surface area (Å²) in [6, 6.07) is 0. The predicted octanol–water partition coefficient (Wildman–Crippen LogP) is 0.0450. The Labute approximate surface area is 84.2 Å². The van der Waals surface area contributed by atoms with E-state index in [2.05, 4.69) is 16.0 Å². The van der Waals surface area contributed by atoms with Crippen molar-refractivity contribution in [1.82, 2.24) is 4.72 Å². The van der Waals surface area contributed by atoms with Crippen molar-refractivity contribution in [2.75, 3.05) is 18.9 Å². The van der Waals surface area contributed by atoms with E-state index in [1.165, 1.54) is 0 Å². The quantitative estimate of drug-likeness (QED) is 0.374. The van der Waals surface area contributed by atoms with Gasteiger partial charge in [-0.3, -0.25) is 0 Å². The lowest BCUT2D eigenvalue weighted by molar-refractivity contribution is -0.137. The molecule has 0 heterocycles. The summed E-state index contributed by atoms with van der Waals surface area (Å²) >= 11 is 0. The van der Waals surface area contributed by atoms with Gasteiger partial charge in [-0.2, -0.15) is 0 Å². The van der Waals surface area contributed by atoms with E-state index >= 15 is 0 Å². The normalized spacial score (nSPS) is 10.9. The molecule has 0 saturated heterocycles. The number of carbonyl (C=O) groups is 1. The molecular weight excluding hydrogens is 206 g/mol. The van der Waals surface area contributed by atoms with Crippen molar-refractivity contribution in [2.24, 2.45) is 0 Å². The summed E-state index contributed by atoms with van der Waals surface area (Å²) < 4.78 is 28.8. The maximum Gasteiger partial charge on any atom is 0.330 e. The summed E-state index contributed by atoms with van der Waals surface area (Å²) in [4.78, 5) is 10.5. The minimum atomic E-state index is -3.14. The number of nitrogens with one attached hydrogen (secondary N) is 1. The third kappa shape index (κ3) is 6.62. The number of rotatable bonds is 7. The van der Waals surface area contributed by atoms with Gasteiger partial charge in [0.2, 0.25) is 10.0 Å². The number of sulfonamides is 1. The Balaban J connectivity index is 3.48. The van der Waals surface area contributed by atoms with Crippen LogP contribution in [0.1, 0.15) is 13.3 Å². The fourth-order valence-electron chi connectivity index (χ4n) is 0.634. The van der Waals surface area contributed by atoms with Gasteiger partial charge >= 0.3 is 5.97 Å². The second-order valence-corrected chi connectivity index (χ2v) is 4.62. The van der Waals surface area contributed by atoms with Crippen LogP contribution in [0.5, 0.6) is 0 Å². The maximum atomic E-state index is 10.9. The van der Waals surface area contributed by atoms with Crippen LogP contribution in [0.15, 0.2) is 12.7 Å². The third-order valence-corrected chi connectivity index (χ3v) is 2.84. The van der Waals surface area contributed by atoms with Crippen LogP contribution < -0.4 is 4.72 Å². The molecule has 14 heavy (non-hydrogen) atoms. The van der Waals surface area contributed by atoms with Crippen LogP contribution in [-0.4, -0.2) is 33.3 Å². The van der Waals surface area contributed by atoms with E-state index < -0.39 is 16.0 Å². The highest BCUT2D eigenvalue weighted by Crippen LogP contribution is 1.86. The van der Waals surface area contributed by atoms with E-state index in [0.29, 0.717) is 6.42 Å². The summed E-state index contributed by atoms with van der Waals surface area (Å²) in [5.74, 6) is -0.442. The van der Waals surface area contributed by atoms with Crippen LogP contribution >= 0.6 is 0 Å². The molecule has 0 aliphatic heterocycles. The molecular formula is C8H15NO4S. The molecule has 1 N–H and O–H groups in total. The molecule has 0 amide bonds. The van der Waals surface area contributed by atoms with Gasteiger partial charge in [0.05, 0.1) is 12.4 Å². The lowest BCUT2D eigenvalue weighted by Gasteiger charge is -2.04. The van der Waals surface area contributed by atoms with E-state index in [9.17, 15) is 13.2 Å². The molecule has 0 aromatic carbocycles. The molecule has 0 bridgehead atoms. The van der Waals surface area contributed by atoms with E-state index in [1.54, 1.807) is 6.92 Å². The smallest absolute Gasteiger partial charge is 0.330 e. The Hall–Kier alpha value is -0.880. The van der Waals surface area contributed by atoms with Gasteiger partial charge in [0.1, 0.15) is 0 Å². The monoisotopic (exact) mass is 221 g/mol. The van der Waals surface area contributed by atoms with Crippen molar-refractivity contribution in [1.29, 1.82) is 0 Å². The molecule has 0 aromatic rings. The van der Waals surface area contributed by atoms with Gasteiger partial charge < -0.3 is 4.74 Å². The molecule has 0 fully saturated rings. The number of hydrogen-bond donors (Lipinski definition) is 1. The number of esters is 1. The first-order valence-corrected chi connectivity index (χ1v) is 5.93. The second kappa shape index (κ2) is 6.56. The highest BCUT2D eigenvalue weighted by atomic mass is 32.2. The molecule has 0 aromatic heterocycles. The first-order chi connectivity index (χ1) is 6.52. The van der Waals surface area contributed by atoms with Crippen molar-refractivity contribution >= 4 is 16.0 Å². The van der Waals surface area contributed by atoms with Crippen LogP contribution in [0.2, 0.25) is 0 Å². The van der Waals surface area contributed by atoms with E-state index in [1.807, 2.05) is 0 Å². The molecule has 0 radical (unpaired) electrons. The van der Waals surface area contributed by atoms with Gasteiger partial charge in [0, 0.05) is 12.6 Å². The Kier molecular flexibility index (Phi) is 6.14. The highest BCUT2D eigenvalue weighted by molar-refractivity contribution is 7.89.